The summed E-state index contributed by atoms with van der Waals surface area (Å²) < 4.78 is 0. The van der Waals surface area contributed by atoms with Gasteiger partial charge in [0.25, 0.3) is 11.6 Å². The van der Waals surface area contributed by atoms with Crippen molar-refractivity contribution in [2.75, 3.05) is 5.32 Å². The third kappa shape index (κ3) is 3.20. The lowest BCUT2D eigenvalue weighted by Crippen LogP contribution is -2.14. The second-order valence-corrected chi connectivity index (χ2v) is 5.12. The highest BCUT2D eigenvalue weighted by Gasteiger charge is 2.22. The number of hydrogen-bond donors (Lipinski definition) is 2. The molecule has 0 aliphatic heterocycles. The number of H-pyrrole nitrogens is 1. The van der Waals surface area contributed by atoms with Crippen molar-refractivity contribution in [2.45, 2.75) is 0 Å². The minimum atomic E-state index is -0.639. The van der Waals surface area contributed by atoms with Crippen LogP contribution in [0.1, 0.15) is 10.4 Å². The van der Waals surface area contributed by atoms with Crippen LogP contribution < -0.4 is 5.32 Å². The number of carbonyl (C=O) groups is 1. The van der Waals surface area contributed by atoms with Crippen molar-refractivity contribution in [3.63, 3.8) is 0 Å². The zero-order valence-corrected chi connectivity index (χ0v) is 12.7. The third-order valence-electron chi connectivity index (χ3n) is 3.14. The van der Waals surface area contributed by atoms with Crippen molar-refractivity contribution in [3.8, 4) is 11.4 Å². The number of anilines is 1. The number of carbonyl (C=O) groups excluding carboxylic acids is 1. The van der Waals surface area contributed by atoms with E-state index in [9.17, 15) is 14.9 Å². The Bertz CT molecular complexity index is 895. The van der Waals surface area contributed by atoms with E-state index >= 15 is 0 Å². The Balaban J connectivity index is 1.93. The monoisotopic (exact) mass is 344 g/mol. The molecule has 1 aromatic heterocycles. The number of nitrogens with one attached hydrogen (secondary N) is 2. The number of aromatic nitrogens is 4. The molecule has 1 amide bonds. The molecular weight excluding hydrogens is 336 g/mol. The molecule has 1 heterocycles. The molecule has 9 nitrogen and oxygen atoms in total. The van der Waals surface area contributed by atoms with E-state index in [1.165, 1.54) is 18.2 Å². The van der Waals surface area contributed by atoms with Crippen LogP contribution in [0.15, 0.2) is 42.5 Å². The van der Waals surface area contributed by atoms with Gasteiger partial charge in [-0.3, -0.25) is 14.9 Å². The lowest BCUT2D eigenvalue weighted by molar-refractivity contribution is -0.385. The van der Waals surface area contributed by atoms with Gasteiger partial charge in [-0.05, 0) is 41.6 Å². The van der Waals surface area contributed by atoms with E-state index in [2.05, 4.69) is 25.9 Å². The van der Waals surface area contributed by atoms with Crippen LogP contribution in [0.4, 0.5) is 11.4 Å². The first-order chi connectivity index (χ1) is 11.5. The van der Waals surface area contributed by atoms with Gasteiger partial charge in [0.15, 0.2) is 0 Å². The first kappa shape index (κ1) is 15.6. The van der Waals surface area contributed by atoms with Crippen molar-refractivity contribution in [1.29, 1.82) is 0 Å². The number of halogens is 1. The van der Waals surface area contributed by atoms with Crippen LogP contribution in [0.2, 0.25) is 5.02 Å². The number of rotatable bonds is 4. The van der Waals surface area contributed by atoms with Crippen LogP contribution in [0.25, 0.3) is 11.4 Å². The second-order valence-electron chi connectivity index (χ2n) is 4.69. The molecule has 0 aliphatic carbocycles. The van der Waals surface area contributed by atoms with Crippen LogP contribution in [0, 0.1) is 10.1 Å². The molecule has 10 heteroatoms. The van der Waals surface area contributed by atoms with Crippen LogP contribution in [0.5, 0.6) is 0 Å². The molecule has 2 aromatic carbocycles. The molecular formula is C14H9ClN6O3. The standard InChI is InChI=1S/C14H9ClN6O3/c15-9-2-4-10(5-3-9)16-14(22)11-6-1-8(7-12(11)21(23)24)13-17-19-20-18-13/h1-7H,(H,16,22)(H,17,18,19,20). The van der Waals surface area contributed by atoms with Crippen molar-refractivity contribution < 1.29 is 9.72 Å². The summed E-state index contributed by atoms with van der Waals surface area (Å²) in [4.78, 5) is 23.0. The predicted molar refractivity (Wildman–Crippen MR) is 85.7 cm³/mol. The molecule has 3 aromatic rings. The number of tetrazole rings is 1. The topological polar surface area (TPSA) is 127 Å². The Hall–Kier alpha value is -3.33. The van der Waals surface area contributed by atoms with Crippen molar-refractivity contribution in [2.24, 2.45) is 0 Å². The van der Waals surface area contributed by atoms with Gasteiger partial charge in [0.2, 0.25) is 5.82 Å². The number of amides is 1. The Morgan fingerprint density at radius 2 is 1.96 bits per heavy atom. The smallest absolute Gasteiger partial charge is 0.282 e. The highest BCUT2D eigenvalue weighted by atomic mass is 35.5. The zero-order chi connectivity index (χ0) is 17.1. The summed E-state index contributed by atoms with van der Waals surface area (Å²) in [6, 6.07) is 10.5. The second kappa shape index (κ2) is 6.42. The SMILES string of the molecule is O=C(Nc1ccc(Cl)cc1)c1ccc(-c2nn[nH]n2)cc1[N+](=O)[O-]. The largest absolute Gasteiger partial charge is 0.322 e. The highest BCUT2D eigenvalue weighted by molar-refractivity contribution is 6.30. The molecule has 24 heavy (non-hydrogen) atoms. The Labute approximate surface area is 139 Å². The number of hydrogen-bond acceptors (Lipinski definition) is 6. The fourth-order valence-electron chi connectivity index (χ4n) is 2.03. The zero-order valence-electron chi connectivity index (χ0n) is 11.9. The van der Waals surface area contributed by atoms with Crippen LogP contribution >= 0.6 is 11.6 Å². The Morgan fingerprint density at radius 1 is 1.21 bits per heavy atom. The van der Waals surface area contributed by atoms with E-state index in [-0.39, 0.29) is 17.1 Å². The van der Waals surface area contributed by atoms with Gasteiger partial charge < -0.3 is 5.32 Å². The minimum Gasteiger partial charge on any atom is -0.322 e. The number of benzene rings is 2. The van der Waals surface area contributed by atoms with E-state index in [1.54, 1.807) is 24.3 Å². The molecule has 0 radical (unpaired) electrons. The van der Waals surface area contributed by atoms with E-state index in [4.69, 9.17) is 11.6 Å². The van der Waals surface area contributed by atoms with Gasteiger partial charge in [0.05, 0.1) is 4.92 Å². The fraction of sp³-hybridized carbons (Fsp3) is 0. The maximum absolute atomic E-state index is 12.3. The fourth-order valence-corrected chi connectivity index (χ4v) is 2.16. The lowest BCUT2D eigenvalue weighted by Gasteiger charge is -2.06. The molecule has 0 saturated heterocycles. The molecule has 0 saturated carbocycles. The molecule has 0 unspecified atom stereocenters. The average Bonchev–Trinajstić information content (AvgIpc) is 3.11. The summed E-state index contributed by atoms with van der Waals surface area (Å²) >= 11 is 5.78. The van der Waals surface area contributed by atoms with Crippen LogP contribution in [-0.2, 0) is 0 Å². The maximum Gasteiger partial charge on any atom is 0.282 e. The molecule has 2 N–H and O–H groups in total. The summed E-state index contributed by atoms with van der Waals surface area (Å²) in [7, 11) is 0. The van der Waals surface area contributed by atoms with Gasteiger partial charge >= 0.3 is 0 Å². The van der Waals surface area contributed by atoms with E-state index in [0.717, 1.165) is 0 Å². The van der Waals surface area contributed by atoms with Gasteiger partial charge in [-0.15, -0.1) is 10.2 Å². The predicted octanol–water partition coefficient (Wildman–Crippen LogP) is 2.68. The van der Waals surface area contributed by atoms with Crippen LogP contribution in [0.3, 0.4) is 0 Å². The first-order valence-corrected chi connectivity index (χ1v) is 7.01. The lowest BCUT2D eigenvalue weighted by atomic mass is 10.1. The van der Waals surface area contributed by atoms with Crippen molar-refractivity contribution in [1.82, 2.24) is 20.6 Å². The van der Waals surface area contributed by atoms with Crippen molar-refractivity contribution in [3.05, 3.63) is 63.2 Å². The number of aromatic amines is 1. The van der Waals surface area contributed by atoms with Gasteiger partial charge in [-0.1, -0.05) is 11.6 Å². The molecule has 0 spiro atoms. The highest BCUT2D eigenvalue weighted by Crippen LogP contribution is 2.26. The molecule has 0 fully saturated rings. The molecule has 3 rings (SSSR count). The third-order valence-corrected chi connectivity index (χ3v) is 3.40. The van der Waals surface area contributed by atoms with Gasteiger partial charge in [0.1, 0.15) is 5.56 Å². The maximum atomic E-state index is 12.3. The summed E-state index contributed by atoms with van der Waals surface area (Å²) in [5, 5.41) is 27.6. The normalized spacial score (nSPS) is 10.4. The van der Waals surface area contributed by atoms with E-state index in [1.807, 2.05) is 0 Å². The van der Waals surface area contributed by atoms with Gasteiger partial charge in [0, 0.05) is 22.3 Å². The summed E-state index contributed by atoms with van der Waals surface area (Å²) in [6.07, 6.45) is 0. The number of nitro groups is 1. The molecule has 0 atom stereocenters. The average molecular weight is 345 g/mol. The minimum absolute atomic E-state index is 0.0813. The summed E-state index contributed by atoms with van der Waals surface area (Å²) in [5.41, 5.74) is 0.408. The number of nitro benzene ring substituents is 1. The molecule has 0 aliphatic rings. The van der Waals surface area contributed by atoms with E-state index in [0.29, 0.717) is 16.3 Å². The van der Waals surface area contributed by atoms with Gasteiger partial charge in [-0.2, -0.15) is 5.21 Å². The molecule has 120 valence electrons. The number of nitrogens with zero attached hydrogens (tertiary/aromatic N) is 4. The first-order valence-electron chi connectivity index (χ1n) is 6.64. The Kier molecular flexibility index (Phi) is 4.17. The summed E-state index contributed by atoms with van der Waals surface area (Å²) in [6.45, 7) is 0. The van der Waals surface area contributed by atoms with Gasteiger partial charge in [-0.25, -0.2) is 0 Å². The summed E-state index contributed by atoms with van der Waals surface area (Å²) in [5.74, 6) is -0.411. The van der Waals surface area contributed by atoms with E-state index < -0.39 is 10.8 Å². The van der Waals surface area contributed by atoms with Crippen LogP contribution in [-0.4, -0.2) is 31.5 Å². The van der Waals surface area contributed by atoms with Crippen molar-refractivity contribution >= 4 is 28.9 Å². The Morgan fingerprint density at radius 3 is 2.58 bits per heavy atom. The molecule has 0 bridgehead atoms. The quantitative estimate of drug-likeness (QED) is 0.553.